The summed E-state index contributed by atoms with van der Waals surface area (Å²) in [4.78, 5) is 23.2. The third-order valence-electron chi connectivity index (χ3n) is 3.14. The Balaban J connectivity index is 0. The highest BCUT2D eigenvalue weighted by Crippen LogP contribution is 2.16. The van der Waals surface area contributed by atoms with Crippen molar-refractivity contribution < 1.29 is 24.2 Å². The van der Waals surface area contributed by atoms with E-state index in [0.29, 0.717) is 0 Å². The van der Waals surface area contributed by atoms with Gasteiger partial charge >= 0.3 is 5.97 Å². The topological polar surface area (TPSA) is 72.8 Å². The monoisotopic (exact) mass is 304 g/mol. The van der Waals surface area contributed by atoms with E-state index in [1.165, 1.54) is 0 Å². The summed E-state index contributed by atoms with van der Waals surface area (Å²) in [5, 5.41) is 9.04. The summed E-state index contributed by atoms with van der Waals surface area (Å²) in [7, 11) is 0. The van der Waals surface area contributed by atoms with Gasteiger partial charge in [0.25, 0.3) is 0 Å². The van der Waals surface area contributed by atoms with Gasteiger partial charge in [-0.1, -0.05) is 20.8 Å². The average molecular weight is 304 g/mol. The number of carboxylic acids is 1. The molecule has 0 heterocycles. The van der Waals surface area contributed by atoms with E-state index in [2.05, 4.69) is 0 Å². The molecule has 20 heavy (non-hydrogen) atoms. The Bertz CT molecular complexity index is 283. The van der Waals surface area contributed by atoms with Crippen LogP contribution in [0.25, 0.3) is 0 Å². The molecule has 0 aliphatic heterocycles. The number of ether oxygens (including phenoxy) is 2. The van der Waals surface area contributed by atoms with Crippen molar-refractivity contribution in [3.63, 3.8) is 0 Å². The molecule has 3 unspecified atom stereocenters. The molecular weight excluding hydrogens is 275 g/mol. The minimum absolute atomic E-state index is 0. The van der Waals surface area contributed by atoms with E-state index in [-0.39, 0.29) is 36.0 Å². The fourth-order valence-corrected chi connectivity index (χ4v) is 1.44. The van der Waals surface area contributed by atoms with Crippen LogP contribution in [-0.2, 0) is 19.1 Å². The van der Waals surface area contributed by atoms with Gasteiger partial charge in [-0.25, -0.2) is 0 Å². The maximum atomic E-state index is 12.2. The zero-order chi connectivity index (χ0) is 15.0. The van der Waals surface area contributed by atoms with E-state index in [0.717, 1.165) is 12.8 Å². The van der Waals surface area contributed by atoms with E-state index < -0.39 is 24.0 Å². The predicted molar refractivity (Wildman–Crippen MR) is 81.8 cm³/mol. The van der Waals surface area contributed by atoms with Gasteiger partial charge in [-0.05, 0) is 33.1 Å². The summed E-state index contributed by atoms with van der Waals surface area (Å²) >= 11 is 0. The molecule has 0 rings (SSSR count). The Labute approximate surface area is 132 Å². The van der Waals surface area contributed by atoms with Crippen LogP contribution in [0.2, 0.25) is 0 Å². The van der Waals surface area contributed by atoms with Crippen molar-refractivity contribution in [2.45, 2.75) is 72.4 Å². The Morgan fingerprint density at radius 1 is 0.950 bits per heavy atom. The Morgan fingerprint density at radius 3 is 1.60 bits per heavy atom. The van der Waals surface area contributed by atoms with Gasteiger partial charge < -0.3 is 14.6 Å². The lowest BCUT2D eigenvalue weighted by atomic mass is 10.0. The number of hydrogen-bond donors (Lipinski definition) is 1. The second kappa shape index (κ2) is 11.3. The first kappa shape index (κ1) is 21.9. The number of aliphatic carboxylic acids is 1. The summed E-state index contributed by atoms with van der Waals surface area (Å²) < 4.78 is 11.1. The van der Waals surface area contributed by atoms with Crippen molar-refractivity contribution in [3.05, 3.63) is 0 Å². The Kier molecular flexibility index (Phi) is 12.3. The summed E-state index contributed by atoms with van der Waals surface area (Å²) in [5.74, 6) is -2.70. The molecule has 1 N–H and O–H groups in total. The number of Topliss-reactive ketones (excluding diaryl/α,β-unsaturated/α-hetero) is 1. The van der Waals surface area contributed by atoms with Gasteiger partial charge in [-0.2, -0.15) is 0 Å². The summed E-state index contributed by atoms with van der Waals surface area (Å²) in [6, 6.07) is 0. The first-order valence-corrected chi connectivity index (χ1v) is 6.94. The lowest BCUT2D eigenvalue weighted by Gasteiger charge is -2.25. The maximum Gasteiger partial charge on any atom is 0.314 e. The highest BCUT2D eigenvalue weighted by atomic mass is 27.0. The molecule has 118 valence electrons. The molecule has 0 aromatic heterocycles. The fraction of sp³-hybridized carbons (Fsp3) is 0.857. The van der Waals surface area contributed by atoms with Crippen LogP contribution < -0.4 is 0 Å². The molecule has 0 bridgehead atoms. The zero-order valence-corrected chi connectivity index (χ0v) is 12.5. The van der Waals surface area contributed by atoms with Crippen LogP contribution in [0.3, 0.4) is 0 Å². The van der Waals surface area contributed by atoms with Crippen LogP contribution in [0.15, 0.2) is 0 Å². The van der Waals surface area contributed by atoms with E-state index in [1.807, 2.05) is 27.7 Å². The van der Waals surface area contributed by atoms with Crippen molar-refractivity contribution in [2.75, 3.05) is 0 Å². The van der Waals surface area contributed by atoms with Crippen LogP contribution in [0.1, 0.15) is 53.9 Å². The number of hydrogen-bond acceptors (Lipinski definition) is 4. The summed E-state index contributed by atoms with van der Waals surface area (Å²) in [6.07, 6.45) is 0.313. The average Bonchev–Trinajstić information content (AvgIpc) is 2.37. The standard InChI is InChI=1S/C14H26O5.Al.3H/c1-6-9(4)18-14(19-10(5)7-2)12(15)11(8-3)13(16)17;;;;/h9-11,14H,6-8H2,1-5H3,(H,16,17);;;;. The van der Waals surface area contributed by atoms with Crippen molar-refractivity contribution in [1.82, 2.24) is 0 Å². The molecule has 0 aromatic carbocycles. The highest BCUT2D eigenvalue weighted by Gasteiger charge is 2.34. The first-order chi connectivity index (χ1) is 8.87. The quantitative estimate of drug-likeness (QED) is 0.375. The third-order valence-corrected chi connectivity index (χ3v) is 3.14. The van der Waals surface area contributed by atoms with Gasteiger partial charge in [0.1, 0.15) is 5.92 Å². The normalized spacial score (nSPS) is 16.6. The molecule has 3 atom stereocenters. The predicted octanol–water partition coefficient (Wildman–Crippen LogP) is 1.44. The summed E-state index contributed by atoms with van der Waals surface area (Å²) in [5.41, 5.74) is 0. The van der Waals surface area contributed by atoms with Crippen molar-refractivity contribution in [2.24, 2.45) is 5.92 Å². The molecule has 0 aliphatic rings. The van der Waals surface area contributed by atoms with Crippen molar-refractivity contribution >= 4 is 29.1 Å². The second-order valence-corrected chi connectivity index (χ2v) is 4.74. The minimum atomic E-state index is -1.13. The summed E-state index contributed by atoms with van der Waals surface area (Å²) in [6.45, 7) is 9.21. The first-order valence-electron chi connectivity index (χ1n) is 6.94. The lowest BCUT2D eigenvalue weighted by Crippen LogP contribution is -2.40. The van der Waals surface area contributed by atoms with Crippen LogP contribution >= 0.6 is 0 Å². The van der Waals surface area contributed by atoms with E-state index in [9.17, 15) is 9.59 Å². The largest absolute Gasteiger partial charge is 0.481 e. The second-order valence-electron chi connectivity index (χ2n) is 4.74. The van der Waals surface area contributed by atoms with Crippen LogP contribution in [0.4, 0.5) is 0 Å². The van der Waals surface area contributed by atoms with Crippen molar-refractivity contribution in [3.8, 4) is 0 Å². The molecule has 0 amide bonds. The number of carbonyl (C=O) groups excluding carboxylic acids is 1. The fourth-order valence-electron chi connectivity index (χ4n) is 1.44. The van der Waals surface area contributed by atoms with Gasteiger partial charge in [-0.15, -0.1) is 0 Å². The SMILES string of the molecule is CCC(C)OC(OC(C)CC)C(=O)C(CC)C(=O)O.[AlH3]. The Morgan fingerprint density at radius 2 is 1.35 bits per heavy atom. The van der Waals surface area contributed by atoms with Crippen LogP contribution in [0.5, 0.6) is 0 Å². The van der Waals surface area contributed by atoms with Gasteiger partial charge in [0.15, 0.2) is 17.4 Å². The molecule has 6 heteroatoms. The zero-order valence-electron chi connectivity index (χ0n) is 12.5. The molecule has 0 aliphatic carbocycles. The van der Waals surface area contributed by atoms with E-state index >= 15 is 0 Å². The number of carboxylic acid groups (broad SMARTS) is 1. The number of ketones is 1. The molecule has 0 spiro atoms. The van der Waals surface area contributed by atoms with Gasteiger partial charge in [-0.3, -0.25) is 9.59 Å². The molecule has 0 saturated heterocycles. The molecule has 0 radical (unpaired) electrons. The lowest BCUT2D eigenvalue weighted by molar-refractivity contribution is -0.199. The molecular formula is C14H29AlO5. The van der Waals surface area contributed by atoms with E-state index in [1.54, 1.807) is 6.92 Å². The van der Waals surface area contributed by atoms with Gasteiger partial charge in [0.05, 0.1) is 12.2 Å². The number of rotatable bonds is 10. The Hall–Kier alpha value is -0.408. The number of carbonyl (C=O) groups is 2. The van der Waals surface area contributed by atoms with Gasteiger partial charge in [0.2, 0.25) is 12.1 Å². The van der Waals surface area contributed by atoms with Crippen LogP contribution in [0, 0.1) is 5.92 Å². The maximum absolute atomic E-state index is 12.2. The van der Waals surface area contributed by atoms with Crippen LogP contribution in [-0.4, -0.2) is 52.7 Å². The molecule has 0 fully saturated rings. The highest BCUT2D eigenvalue weighted by molar-refractivity contribution is 5.99. The van der Waals surface area contributed by atoms with Crippen molar-refractivity contribution in [1.29, 1.82) is 0 Å². The molecule has 5 nitrogen and oxygen atoms in total. The van der Waals surface area contributed by atoms with E-state index in [4.69, 9.17) is 14.6 Å². The smallest absolute Gasteiger partial charge is 0.314 e. The van der Waals surface area contributed by atoms with Gasteiger partial charge in [0, 0.05) is 0 Å². The third kappa shape index (κ3) is 7.39. The molecule has 0 saturated carbocycles. The molecule has 0 aromatic rings. The minimum Gasteiger partial charge on any atom is -0.481 e.